The zero-order valence-electron chi connectivity index (χ0n) is 11.7. The molecule has 0 radical (unpaired) electrons. The maximum atomic E-state index is 12.4. The molecule has 3 atom stereocenters. The largest absolute Gasteiger partial charge is 0.324 e. The fourth-order valence-electron chi connectivity index (χ4n) is 2.91. The van der Waals surface area contributed by atoms with E-state index in [9.17, 15) is 4.79 Å². The molecule has 1 fully saturated rings. The molecular weight excluding hydrogens is 304 g/mol. The van der Waals surface area contributed by atoms with Crippen LogP contribution >= 0.6 is 15.9 Å². The summed E-state index contributed by atoms with van der Waals surface area (Å²) in [5, 5.41) is 3.00. The Morgan fingerprint density at radius 1 is 1.32 bits per heavy atom. The summed E-state index contributed by atoms with van der Waals surface area (Å²) in [6.45, 7) is 6.39. The van der Waals surface area contributed by atoms with E-state index >= 15 is 0 Å². The number of para-hydroxylation sites is 1. The number of rotatable bonds is 3. The number of amides is 1. The molecule has 3 nitrogen and oxygen atoms in total. The van der Waals surface area contributed by atoms with Gasteiger partial charge in [0, 0.05) is 16.6 Å². The first-order valence-electron chi connectivity index (χ1n) is 6.83. The van der Waals surface area contributed by atoms with E-state index in [2.05, 4.69) is 40.0 Å². The smallest absolute Gasteiger partial charge is 0.241 e. The Balaban J connectivity index is 2.06. The summed E-state index contributed by atoms with van der Waals surface area (Å²) in [4.78, 5) is 14.7. The van der Waals surface area contributed by atoms with E-state index in [0.29, 0.717) is 12.1 Å². The summed E-state index contributed by atoms with van der Waals surface area (Å²) < 4.78 is 0.915. The minimum absolute atomic E-state index is 0.0625. The van der Waals surface area contributed by atoms with E-state index in [0.717, 1.165) is 10.2 Å². The number of carbonyl (C=O) groups is 1. The first-order chi connectivity index (χ1) is 9.00. The fourth-order valence-corrected chi connectivity index (χ4v) is 3.30. The second-order valence-corrected chi connectivity index (χ2v) is 6.22. The molecular formula is C15H21BrN2O. The van der Waals surface area contributed by atoms with Crippen LogP contribution in [0.25, 0.3) is 0 Å². The number of nitrogens with one attached hydrogen (secondary N) is 1. The minimum Gasteiger partial charge on any atom is -0.324 e. The van der Waals surface area contributed by atoms with Crippen molar-refractivity contribution in [2.24, 2.45) is 0 Å². The minimum atomic E-state index is -0.0976. The van der Waals surface area contributed by atoms with Crippen molar-refractivity contribution in [1.29, 1.82) is 0 Å². The number of benzene rings is 1. The molecule has 1 aromatic carbocycles. The van der Waals surface area contributed by atoms with Crippen LogP contribution < -0.4 is 5.32 Å². The van der Waals surface area contributed by atoms with Gasteiger partial charge in [-0.05, 0) is 61.7 Å². The van der Waals surface area contributed by atoms with E-state index in [1.807, 2.05) is 31.2 Å². The van der Waals surface area contributed by atoms with Gasteiger partial charge in [0.1, 0.15) is 0 Å². The lowest BCUT2D eigenvalue weighted by Gasteiger charge is -2.31. The average molecular weight is 325 g/mol. The third-order valence-electron chi connectivity index (χ3n) is 3.98. The molecule has 1 aliphatic heterocycles. The Labute approximate surface area is 123 Å². The van der Waals surface area contributed by atoms with Gasteiger partial charge >= 0.3 is 0 Å². The second kappa shape index (κ2) is 6.06. The lowest BCUT2D eigenvalue weighted by atomic mass is 10.2. The quantitative estimate of drug-likeness (QED) is 0.920. The van der Waals surface area contributed by atoms with Crippen LogP contribution in [0.3, 0.4) is 0 Å². The Kier molecular flexibility index (Phi) is 4.63. The molecule has 0 spiro atoms. The van der Waals surface area contributed by atoms with Crippen LogP contribution in [0.4, 0.5) is 5.69 Å². The van der Waals surface area contributed by atoms with Crippen LogP contribution in [-0.2, 0) is 4.79 Å². The van der Waals surface area contributed by atoms with Crippen molar-refractivity contribution < 1.29 is 4.79 Å². The van der Waals surface area contributed by atoms with Crippen molar-refractivity contribution >= 4 is 27.5 Å². The molecule has 0 saturated carbocycles. The van der Waals surface area contributed by atoms with Crippen LogP contribution in [0.1, 0.15) is 33.6 Å². The van der Waals surface area contributed by atoms with Crippen molar-refractivity contribution in [2.75, 3.05) is 5.32 Å². The van der Waals surface area contributed by atoms with E-state index in [1.165, 1.54) is 12.8 Å². The van der Waals surface area contributed by atoms with Crippen LogP contribution in [0, 0.1) is 0 Å². The number of hydrogen-bond acceptors (Lipinski definition) is 2. The first kappa shape index (κ1) is 14.5. The van der Waals surface area contributed by atoms with Gasteiger partial charge in [0.25, 0.3) is 0 Å². The summed E-state index contributed by atoms with van der Waals surface area (Å²) in [7, 11) is 0. The molecule has 104 valence electrons. The molecule has 1 aromatic rings. The molecule has 19 heavy (non-hydrogen) atoms. The number of anilines is 1. The average Bonchev–Trinajstić information content (AvgIpc) is 2.71. The SMILES string of the molecule is CC1CCC(C)N1C(C)C(=O)Nc1ccccc1Br. The van der Waals surface area contributed by atoms with Gasteiger partial charge in [0.15, 0.2) is 0 Å². The van der Waals surface area contributed by atoms with E-state index in [1.54, 1.807) is 0 Å². The zero-order valence-corrected chi connectivity index (χ0v) is 13.3. The standard InChI is InChI=1S/C15H21BrN2O/c1-10-8-9-11(2)18(10)12(3)15(19)17-14-7-5-4-6-13(14)16/h4-7,10-12H,8-9H2,1-3H3,(H,17,19). The molecule has 0 aliphatic carbocycles. The summed E-state index contributed by atoms with van der Waals surface area (Å²) in [5.41, 5.74) is 0.832. The highest BCUT2D eigenvalue weighted by molar-refractivity contribution is 9.10. The van der Waals surface area contributed by atoms with Gasteiger partial charge in [-0.3, -0.25) is 9.69 Å². The van der Waals surface area contributed by atoms with E-state index < -0.39 is 0 Å². The van der Waals surface area contributed by atoms with Crippen LogP contribution in [-0.4, -0.2) is 28.9 Å². The summed E-state index contributed by atoms with van der Waals surface area (Å²) >= 11 is 3.45. The third kappa shape index (κ3) is 3.18. The van der Waals surface area contributed by atoms with E-state index in [4.69, 9.17) is 0 Å². The van der Waals surface area contributed by atoms with Gasteiger partial charge in [-0.1, -0.05) is 12.1 Å². The normalized spacial score (nSPS) is 25.3. The van der Waals surface area contributed by atoms with Gasteiger partial charge in [-0.25, -0.2) is 0 Å². The Hall–Kier alpha value is -0.870. The Bertz CT molecular complexity index is 453. The van der Waals surface area contributed by atoms with Gasteiger partial charge < -0.3 is 5.32 Å². The lowest BCUT2D eigenvalue weighted by Crippen LogP contribution is -2.46. The highest BCUT2D eigenvalue weighted by Gasteiger charge is 2.34. The molecule has 2 rings (SSSR count). The van der Waals surface area contributed by atoms with Crippen molar-refractivity contribution in [3.05, 3.63) is 28.7 Å². The topological polar surface area (TPSA) is 32.3 Å². The van der Waals surface area contributed by atoms with Crippen LogP contribution in [0.2, 0.25) is 0 Å². The van der Waals surface area contributed by atoms with Gasteiger partial charge in [-0.15, -0.1) is 0 Å². The van der Waals surface area contributed by atoms with Crippen molar-refractivity contribution in [3.63, 3.8) is 0 Å². The molecule has 1 amide bonds. The molecule has 1 heterocycles. The lowest BCUT2D eigenvalue weighted by molar-refractivity contribution is -0.121. The van der Waals surface area contributed by atoms with Gasteiger partial charge in [0.2, 0.25) is 5.91 Å². The number of carbonyl (C=O) groups excluding carboxylic acids is 1. The number of nitrogens with zero attached hydrogens (tertiary/aromatic N) is 1. The molecule has 1 saturated heterocycles. The third-order valence-corrected chi connectivity index (χ3v) is 4.67. The molecule has 1 aliphatic rings. The number of halogens is 1. The maximum absolute atomic E-state index is 12.4. The fraction of sp³-hybridized carbons (Fsp3) is 0.533. The number of hydrogen-bond donors (Lipinski definition) is 1. The Morgan fingerprint density at radius 3 is 2.47 bits per heavy atom. The highest BCUT2D eigenvalue weighted by Crippen LogP contribution is 2.27. The molecule has 1 N–H and O–H groups in total. The summed E-state index contributed by atoms with van der Waals surface area (Å²) in [6.07, 6.45) is 2.35. The second-order valence-electron chi connectivity index (χ2n) is 5.37. The van der Waals surface area contributed by atoms with Crippen molar-refractivity contribution in [3.8, 4) is 0 Å². The summed E-state index contributed by atoms with van der Waals surface area (Å²) in [5.74, 6) is 0.0625. The van der Waals surface area contributed by atoms with Gasteiger partial charge in [0.05, 0.1) is 11.7 Å². The number of likely N-dealkylation sites (tertiary alicyclic amines) is 1. The van der Waals surface area contributed by atoms with Crippen LogP contribution in [0.5, 0.6) is 0 Å². The molecule has 0 aromatic heterocycles. The summed E-state index contributed by atoms with van der Waals surface area (Å²) in [6, 6.07) is 8.57. The van der Waals surface area contributed by atoms with Crippen molar-refractivity contribution in [1.82, 2.24) is 4.90 Å². The van der Waals surface area contributed by atoms with Crippen LogP contribution in [0.15, 0.2) is 28.7 Å². The molecule has 4 heteroatoms. The zero-order chi connectivity index (χ0) is 14.0. The molecule has 3 unspecified atom stereocenters. The monoisotopic (exact) mass is 324 g/mol. The maximum Gasteiger partial charge on any atom is 0.241 e. The predicted molar refractivity (Wildman–Crippen MR) is 82.2 cm³/mol. The first-order valence-corrected chi connectivity index (χ1v) is 7.63. The predicted octanol–water partition coefficient (Wildman–Crippen LogP) is 3.65. The van der Waals surface area contributed by atoms with Gasteiger partial charge in [-0.2, -0.15) is 0 Å². The highest BCUT2D eigenvalue weighted by atomic mass is 79.9. The van der Waals surface area contributed by atoms with E-state index in [-0.39, 0.29) is 11.9 Å². The van der Waals surface area contributed by atoms with Crippen molar-refractivity contribution in [2.45, 2.75) is 51.7 Å². The molecule has 0 bridgehead atoms. The Morgan fingerprint density at radius 2 is 1.89 bits per heavy atom.